The minimum atomic E-state index is 0.516. The molecule has 2 rings (SSSR count). The van der Waals surface area contributed by atoms with E-state index >= 15 is 0 Å². The molecule has 2 aromatic carbocycles. The van der Waals surface area contributed by atoms with Crippen molar-refractivity contribution in [3.05, 3.63) is 53.6 Å². The van der Waals surface area contributed by atoms with Crippen molar-refractivity contribution in [1.82, 2.24) is 0 Å². The number of rotatable bonds is 9. The van der Waals surface area contributed by atoms with E-state index in [-0.39, 0.29) is 0 Å². The summed E-state index contributed by atoms with van der Waals surface area (Å²) in [6, 6.07) is 16.7. The fourth-order valence-electron chi connectivity index (χ4n) is 2.58. The normalized spacial score (nSPS) is 12.0. The van der Waals surface area contributed by atoms with Crippen LogP contribution in [0.3, 0.4) is 0 Å². The number of benzene rings is 2. The quantitative estimate of drug-likeness (QED) is 0.491. The van der Waals surface area contributed by atoms with Crippen LogP contribution in [0.1, 0.15) is 46.0 Å². The Labute approximate surface area is 145 Å². The molecule has 0 fully saturated rings. The average Bonchev–Trinajstić information content (AvgIpc) is 2.56. The van der Waals surface area contributed by atoms with Gasteiger partial charge in [-0.15, -0.1) is 0 Å². The highest BCUT2D eigenvalue weighted by atomic mass is 35.5. The Morgan fingerprint density at radius 2 is 1.39 bits per heavy atom. The minimum absolute atomic E-state index is 0.516. The van der Waals surface area contributed by atoms with E-state index in [4.69, 9.17) is 11.6 Å². The summed E-state index contributed by atoms with van der Waals surface area (Å²) in [7, 11) is 0. The monoisotopic (exact) mass is 330 g/mol. The van der Waals surface area contributed by atoms with Crippen LogP contribution in [0.2, 0.25) is 5.02 Å². The molecule has 0 aromatic heterocycles. The first-order valence-electron chi connectivity index (χ1n) is 8.56. The van der Waals surface area contributed by atoms with Crippen LogP contribution in [0.25, 0.3) is 0 Å². The van der Waals surface area contributed by atoms with Crippen molar-refractivity contribution in [2.75, 3.05) is 10.6 Å². The van der Waals surface area contributed by atoms with Crippen LogP contribution in [-0.4, -0.2) is 6.04 Å². The first-order valence-corrected chi connectivity index (χ1v) is 8.94. The molecule has 3 heteroatoms. The lowest BCUT2D eigenvalue weighted by Gasteiger charge is -2.16. The molecular formula is C20H27ClN2. The predicted molar refractivity (Wildman–Crippen MR) is 103 cm³/mol. The van der Waals surface area contributed by atoms with E-state index in [0.717, 1.165) is 16.4 Å². The van der Waals surface area contributed by atoms with Gasteiger partial charge in [0.15, 0.2) is 0 Å². The molecule has 0 saturated heterocycles. The van der Waals surface area contributed by atoms with Crippen molar-refractivity contribution in [3.63, 3.8) is 0 Å². The highest BCUT2D eigenvalue weighted by Gasteiger charge is 2.02. The summed E-state index contributed by atoms with van der Waals surface area (Å²) >= 11 is 5.90. The van der Waals surface area contributed by atoms with Crippen LogP contribution >= 0.6 is 11.6 Å². The van der Waals surface area contributed by atoms with Crippen LogP contribution < -0.4 is 10.6 Å². The maximum Gasteiger partial charge on any atom is 0.0407 e. The number of hydrogen-bond donors (Lipinski definition) is 2. The van der Waals surface area contributed by atoms with Crippen molar-refractivity contribution in [1.29, 1.82) is 0 Å². The van der Waals surface area contributed by atoms with Gasteiger partial charge in [0.25, 0.3) is 0 Å². The minimum Gasteiger partial charge on any atom is -0.383 e. The Bertz CT molecular complexity index is 563. The molecule has 0 saturated carbocycles. The molecule has 0 aliphatic carbocycles. The fraction of sp³-hybridized carbons (Fsp3) is 0.400. The molecule has 0 spiro atoms. The van der Waals surface area contributed by atoms with Crippen molar-refractivity contribution < 1.29 is 0 Å². The lowest BCUT2D eigenvalue weighted by Crippen LogP contribution is -2.14. The Balaban J connectivity index is 1.80. The van der Waals surface area contributed by atoms with Crippen LogP contribution in [-0.2, 0) is 0 Å². The lowest BCUT2D eigenvalue weighted by atomic mass is 10.1. The van der Waals surface area contributed by atoms with Crippen molar-refractivity contribution in [2.24, 2.45) is 0 Å². The summed E-state index contributed by atoms with van der Waals surface area (Å²) in [5, 5.41) is 7.70. The van der Waals surface area contributed by atoms with E-state index in [1.807, 2.05) is 24.3 Å². The fourth-order valence-corrected chi connectivity index (χ4v) is 2.71. The highest BCUT2D eigenvalue weighted by molar-refractivity contribution is 6.30. The molecule has 0 radical (unpaired) electrons. The number of nitrogens with one attached hydrogen (secondary N) is 2. The SMILES string of the molecule is CCCCCCC(C)Nc1ccc(Nc2ccc(Cl)cc2)cc1. The summed E-state index contributed by atoms with van der Waals surface area (Å²) in [4.78, 5) is 0. The second kappa shape index (κ2) is 9.46. The molecule has 0 bridgehead atoms. The Kier molecular flexibility index (Phi) is 7.28. The molecule has 1 atom stereocenters. The zero-order valence-corrected chi connectivity index (χ0v) is 14.9. The average molecular weight is 331 g/mol. The van der Waals surface area contributed by atoms with Crippen LogP contribution in [0.15, 0.2) is 48.5 Å². The topological polar surface area (TPSA) is 24.1 Å². The smallest absolute Gasteiger partial charge is 0.0407 e. The molecule has 0 heterocycles. The molecule has 2 N–H and O–H groups in total. The van der Waals surface area contributed by atoms with E-state index in [0.29, 0.717) is 6.04 Å². The largest absolute Gasteiger partial charge is 0.383 e. The van der Waals surface area contributed by atoms with E-state index in [1.54, 1.807) is 0 Å². The highest BCUT2D eigenvalue weighted by Crippen LogP contribution is 2.21. The van der Waals surface area contributed by atoms with Gasteiger partial charge in [0, 0.05) is 28.1 Å². The predicted octanol–water partition coefficient (Wildman–Crippen LogP) is 6.85. The van der Waals surface area contributed by atoms with Gasteiger partial charge in [-0.25, -0.2) is 0 Å². The van der Waals surface area contributed by atoms with Gasteiger partial charge in [0.1, 0.15) is 0 Å². The van der Waals surface area contributed by atoms with Gasteiger partial charge < -0.3 is 10.6 Å². The molecule has 0 amide bonds. The van der Waals surface area contributed by atoms with Crippen LogP contribution in [0.5, 0.6) is 0 Å². The van der Waals surface area contributed by atoms with Gasteiger partial charge in [-0.05, 0) is 61.9 Å². The number of halogens is 1. The van der Waals surface area contributed by atoms with E-state index < -0.39 is 0 Å². The molecule has 1 unspecified atom stereocenters. The molecule has 0 aliphatic rings. The maximum absolute atomic E-state index is 5.90. The second-order valence-electron chi connectivity index (χ2n) is 6.10. The Morgan fingerprint density at radius 3 is 2.00 bits per heavy atom. The summed E-state index contributed by atoms with van der Waals surface area (Å²) in [6.07, 6.45) is 6.51. The van der Waals surface area contributed by atoms with E-state index in [1.165, 1.54) is 37.8 Å². The van der Waals surface area contributed by atoms with Crippen molar-refractivity contribution in [3.8, 4) is 0 Å². The first-order chi connectivity index (χ1) is 11.2. The number of hydrogen-bond acceptors (Lipinski definition) is 2. The summed E-state index contributed by atoms with van der Waals surface area (Å²) in [6.45, 7) is 4.51. The molecule has 23 heavy (non-hydrogen) atoms. The van der Waals surface area contributed by atoms with Crippen molar-refractivity contribution in [2.45, 2.75) is 52.0 Å². The third kappa shape index (κ3) is 6.54. The standard InChI is InChI=1S/C20H27ClN2/c1-3-4-5-6-7-16(2)22-18-12-14-20(15-13-18)23-19-10-8-17(21)9-11-19/h8-16,22-23H,3-7H2,1-2H3. The van der Waals surface area contributed by atoms with Gasteiger partial charge in [0.2, 0.25) is 0 Å². The van der Waals surface area contributed by atoms with Gasteiger partial charge in [-0.1, -0.05) is 44.2 Å². The van der Waals surface area contributed by atoms with Gasteiger partial charge in [0.05, 0.1) is 0 Å². The molecular weight excluding hydrogens is 304 g/mol. The summed E-state index contributed by atoms with van der Waals surface area (Å²) < 4.78 is 0. The molecule has 0 aliphatic heterocycles. The Hall–Kier alpha value is -1.67. The van der Waals surface area contributed by atoms with Crippen LogP contribution in [0, 0.1) is 0 Å². The van der Waals surface area contributed by atoms with Gasteiger partial charge in [-0.2, -0.15) is 0 Å². The molecule has 124 valence electrons. The summed E-state index contributed by atoms with van der Waals surface area (Å²) in [5.74, 6) is 0. The zero-order chi connectivity index (χ0) is 16.5. The second-order valence-corrected chi connectivity index (χ2v) is 6.54. The number of unbranched alkanes of at least 4 members (excludes halogenated alkanes) is 3. The third-order valence-electron chi connectivity index (χ3n) is 3.92. The van der Waals surface area contributed by atoms with Crippen LogP contribution in [0.4, 0.5) is 17.1 Å². The molecule has 2 aromatic rings. The maximum atomic E-state index is 5.90. The molecule has 2 nitrogen and oxygen atoms in total. The zero-order valence-electron chi connectivity index (χ0n) is 14.1. The van der Waals surface area contributed by atoms with Crippen molar-refractivity contribution >= 4 is 28.7 Å². The third-order valence-corrected chi connectivity index (χ3v) is 4.17. The van der Waals surface area contributed by atoms with Gasteiger partial charge in [-0.3, -0.25) is 0 Å². The van der Waals surface area contributed by atoms with E-state index in [9.17, 15) is 0 Å². The van der Waals surface area contributed by atoms with Gasteiger partial charge >= 0.3 is 0 Å². The first kappa shape index (κ1) is 17.7. The van der Waals surface area contributed by atoms with E-state index in [2.05, 4.69) is 48.7 Å². The Morgan fingerprint density at radius 1 is 0.826 bits per heavy atom. The number of anilines is 3. The lowest BCUT2D eigenvalue weighted by molar-refractivity contribution is 0.594. The summed E-state index contributed by atoms with van der Waals surface area (Å²) in [5.41, 5.74) is 3.29.